The molecule has 1 aromatic carbocycles. The second-order valence-electron chi connectivity index (χ2n) is 2.24. The molecule has 78 valence electrons. The van der Waals surface area contributed by atoms with Gasteiger partial charge in [-0.15, -0.1) is 3.89 Å². The molecule has 0 amide bonds. The fourth-order valence-corrected chi connectivity index (χ4v) is 2.89. The zero-order valence-corrected chi connectivity index (χ0v) is 10.0. The second-order valence-corrected chi connectivity index (χ2v) is 5.09. The maximum Gasteiger partial charge on any atom is 0.335 e. The predicted molar refractivity (Wildman–Crippen MR) is 54.8 cm³/mol. The van der Waals surface area contributed by atoms with Crippen LogP contribution < -0.4 is 0 Å². The minimum absolute atomic E-state index is 0.183. The van der Waals surface area contributed by atoms with Gasteiger partial charge in [-0.25, -0.2) is 0 Å². The Morgan fingerprint density at radius 3 is 1.64 bits per heavy atom. The standard InChI is InChI=1S/C6HCl4FO2S/c7-2-1-3(8)5(10)6(4(2)9)14(11,12)13/h1H. The van der Waals surface area contributed by atoms with Crippen molar-refractivity contribution in [3.8, 4) is 0 Å². The summed E-state index contributed by atoms with van der Waals surface area (Å²) in [7, 11) is -5.04. The van der Waals surface area contributed by atoms with Crippen LogP contribution in [0.5, 0.6) is 0 Å². The topological polar surface area (TPSA) is 34.1 Å². The van der Waals surface area contributed by atoms with Gasteiger partial charge in [-0.1, -0.05) is 46.4 Å². The molecular weight excluding hydrogens is 297 g/mol. The van der Waals surface area contributed by atoms with Crippen LogP contribution in [-0.2, 0) is 10.2 Å². The summed E-state index contributed by atoms with van der Waals surface area (Å²) in [5, 5.41) is -1.33. The fourth-order valence-electron chi connectivity index (χ4n) is 0.765. The number of hydrogen-bond acceptors (Lipinski definition) is 2. The van der Waals surface area contributed by atoms with E-state index in [1.165, 1.54) is 0 Å². The highest BCUT2D eigenvalue weighted by atomic mass is 35.5. The quantitative estimate of drug-likeness (QED) is 0.581. The van der Waals surface area contributed by atoms with E-state index in [0.29, 0.717) is 0 Å². The lowest BCUT2D eigenvalue weighted by atomic mass is 10.3. The van der Waals surface area contributed by atoms with Crippen LogP contribution in [0.15, 0.2) is 11.0 Å². The summed E-state index contributed by atoms with van der Waals surface area (Å²) in [6.07, 6.45) is 0. The zero-order chi connectivity index (χ0) is 11.1. The first-order chi connectivity index (χ1) is 6.25. The third-order valence-electron chi connectivity index (χ3n) is 1.32. The van der Waals surface area contributed by atoms with Crippen LogP contribution in [0.25, 0.3) is 0 Å². The smallest absolute Gasteiger partial charge is 0.189 e. The first kappa shape index (κ1) is 12.3. The molecule has 0 aliphatic rings. The summed E-state index contributed by atoms with van der Waals surface area (Å²) in [6, 6.07) is 1.13. The van der Waals surface area contributed by atoms with Crippen molar-refractivity contribution < 1.29 is 12.3 Å². The number of halogens is 5. The van der Waals surface area contributed by atoms with Gasteiger partial charge in [-0.3, -0.25) is 0 Å². The number of rotatable bonds is 1. The van der Waals surface area contributed by atoms with Gasteiger partial charge in [0.05, 0.1) is 20.1 Å². The zero-order valence-electron chi connectivity index (χ0n) is 6.19. The molecule has 0 radical (unpaired) electrons. The van der Waals surface area contributed by atoms with Gasteiger partial charge in [-0.05, 0) is 6.07 Å². The third kappa shape index (κ3) is 2.25. The molecular formula is C6HCl4FO2S. The van der Waals surface area contributed by atoms with E-state index >= 15 is 0 Å². The van der Waals surface area contributed by atoms with Gasteiger partial charge in [0.1, 0.15) is 4.90 Å². The molecule has 8 heteroatoms. The van der Waals surface area contributed by atoms with Crippen LogP contribution >= 0.6 is 46.4 Å². The molecule has 0 saturated carbocycles. The van der Waals surface area contributed by atoms with Crippen molar-refractivity contribution in [3.05, 3.63) is 26.2 Å². The normalized spacial score (nSPS) is 11.8. The van der Waals surface area contributed by atoms with Gasteiger partial charge >= 0.3 is 10.2 Å². The highest BCUT2D eigenvalue weighted by molar-refractivity contribution is 7.86. The lowest BCUT2D eigenvalue weighted by molar-refractivity contribution is 0.552. The van der Waals surface area contributed by atoms with Gasteiger partial charge in [0, 0.05) is 0 Å². The first-order valence-corrected chi connectivity index (χ1v) is 5.92. The van der Waals surface area contributed by atoms with Crippen molar-refractivity contribution in [3.63, 3.8) is 0 Å². The number of benzene rings is 1. The second kappa shape index (κ2) is 4.02. The summed E-state index contributed by atoms with van der Waals surface area (Å²) in [5.74, 6) is 0. The number of hydrogen-bond donors (Lipinski definition) is 0. The van der Waals surface area contributed by atoms with Gasteiger partial charge in [0.25, 0.3) is 0 Å². The van der Waals surface area contributed by atoms with Crippen LogP contribution in [0, 0.1) is 0 Å². The Morgan fingerprint density at radius 1 is 1.00 bits per heavy atom. The van der Waals surface area contributed by atoms with Crippen molar-refractivity contribution in [2.24, 2.45) is 0 Å². The molecule has 2 nitrogen and oxygen atoms in total. The van der Waals surface area contributed by atoms with E-state index < -0.39 is 25.2 Å². The Morgan fingerprint density at radius 2 is 1.36 bits per heavy atom. The Bertz CT molecular complexity index is 459. The summed E-state index contributed by atoms with van der Waals surface area (Å²) in [5.41, 5.74) is 0. The summed E-state index contributed by atoms with van der Waals surface area (Å²) >= 11 is 21.9. The van der Waals surface area contributed by atoms with Crippen molar-refractivity contribution in [1.29, 1.82) is 0 Å². The van der Waals surface area contributed by atoms with E-state index in [-0.39, 0.29) is 10.0 Å². The Labute approximate surface area is 99.7 Å². The van der Waals surface area contributed by atoms with Gasteiger partial charge < -0.3 is 0 Å². The molecule has 0 aliphatic carbocycles. The van der Waals surface area contributed by atoms with Crippen molar-refractivity contribution >= 4 is 56.6 Å². The monoisotopic (exact) mass is 296 g/mol. The highest BCUT2D eigenvalue weighted by Gasteiger charge is 2.25. The molecule has 1 aromatic rings. The molecule has 0 bridgehead atoms. The molecule has 0 aromatic heterocycles. The van der Waals surface area contributed by atoms with Gasteiger partial charge in [0.15, 0.2) is 0 Å². The molecule has 0 unspecified atom stereocenters. The largest absolute Gasteiger partial charge is 0.335 e. The summed E-state index contributed by atoms with van der Waals surface area (Å²) in [6.45, 7) is 0. The van der Waals surface area contributed by atoms with Crippen molar-refractivity contribution in [2.75, 3.05) is 0 Å². The van der Waals surface area contributed by atoms with Gasteiger partial charge in [-0.2, -0.15) is 8.42 Å². The summed E-state index contributed by atoms with van der Waals surface area (Å²) in [4.78, 5) is -0.904. The minimum Gasteiger partial charge on any atom is -0.189 e. The molecule has 0 heterocycles. The third-order valence-corrected chi connectivity index (χ3v) is 4.01. The maximum absolute atomic E-state index is 12.7. The van der Waals surface area contributed by atoms with E-state index in [9.17, 15) is 12.3 Å². The molecule has 0 fully saturated rings. The molecule has 0 N–H and O–H groups in total. The molecule has 0 aliphatic heterocycles. The van der Waals surface area contributed by atoms with E-state index in [1.807, 2.05) is 0 Å². The maximum atomic E-state index is 12.7. The molecule has 14 heavy (non-hydrogen) atoms. The van der Waals surface area contributed by atoms with E-state index in [4.69, 9.17) is 46.4 Å². The highest BCUT2D eigenvalue weighted by Crippen LogP contribution is 2.40. The Balaban J connectivity index is 3.74. The average molecular weight is 298 g/mol. The molecule has 1 rings (SSSR count). The van der Waals surface area contributed by atoms with Crippen LogP contribution in [0.1, 0.15) is 0 Å². The fraction of sp³-hybridized carbons (Fsp3) is 0. The lowest BCUT2D eigenvalue weighted by Crippen LogP contribution is -1.95. The van der Waals surface area contributed by atoms with Crippen LogP contribution in [0.4, 0.5) is 3.89 Å². The Kier molecular flexibility index (Phi) is 3.54. The van der Waals surface area contributed by atoms with E-state index in [1.54, 1.807) is 0 Å². The van der Waals surface area contributed by atoms with Crippen LogP contribution in [-0.4, -0.2) is 8.42 Å². The SMILES string of the molecule is O=S(=O)(F)c1c(Cl)c(Cl)cc(Cl)c1Cl. The molecule has 0 atom stereocenters. The predicted octanol–water partition coefficient (Wildman–Crippen LogP) is 3.96. The van der Waals surface area contributed by atoms with Crippen molar-refractivity contribution in [1.82, 2.24) is 0 Å². The van der Waals surface area contributed by atoms with Crippen LogP contribution in [0.3, 0.4) is 0 Å². The Hall–Kier alpha value is 0.260. The first-order valence-electron chi connectivity index (χ1n) is 3.03. The average Bonchev–Trinajstić information content (AvgIpc) is 1.98. The molecule has 0 saturated heterocycles. The lowest BCUT2D eigenvalue weighted by Gasteiger charge is -2.05. The minimum atomic E-state index is -5.04. The van der Waals surface area contributed by atoms with E-state index in [2.05, 4.69) is 0 Å². The van der Waals surface area contributed by atoms with E-state index in [0.717, 1.165) is 6.07 Å². The van der Waals surface area contributed by atoms with Crippen LogP contribution in [0.2, 0.25) is 20.1 Å². The van der Waals surface area contributed by atoms with Gasteiger partial charge in [0.2, 0.25) is 0 Å². The molecule has 0 spiro atoms. The summed E-state index contributed by atoms with van der Waals surface area (Å²) < 4.78 is 33.9. The van der Waals surface area contributed by atoms with Crippen molar-refractivity contribution in [2.45, 2.75) is 4.90 Å².